The lowest BCUT2D eigenvalue weighted by Gasteiger charge is -2.34. The normalized spacial score (nSPS) is 17.8. The van der Waals surface area contributed by atoms with Crippen molar-refractivity contribution >= 4 is 12.2 Å². The molecule has 2 aromatic rings. The van der Waals surface area contributed by atoms with Gasteiger partial charge in [-0.3, -0.25) is 9.88 Å². The second kappa shape index (κ2) is 12.6. The molecular weight excluding hydrogens is 418 g/mol. The van der Waals surface area contributed by atoms with Gasteiger partial charge in [-0.25, -0.2) is 4.98 Å². The number of rotatable bonds is 12. The monoisotopic (exact) mass is 457 g/mol. The van der Waals surface area contributed by atoms with Crippen LogP contribution in [0.3, 0.4) is 0 Å². The molecule has 1 atom stereocenters. The van der Waals surface area contributed by atoms with E-state index >= 15 is 0 Å². The van der Waals surface area contributed by atoms with Crippen LogP contribution in [0, 0.1) is 0 Å². The molecular formula is C29H39N5. The van der Waals surface area contributed by atoms with E-state index in [1.807, 2.05) is 25.3 Å². The third-order valence-electron chi connectivity index (χ3n) is 6.75. The van der Waals surface area contributed by atoms with E-state index in [2.05, 4.69) is 58.2 Å². The van der Waals surface area contributed by atoms with E-state index < -0.39 is 0 Å². The molecule has 2 N–H and O–H groups in total. The SMILES string of the molecule is C=Cc1nc(CN(CCCCNCC2=CCCC=C2)C2CCCc3cccnc32)[nH]c1/C=C\C. The lowest BCUT2D eigenvalue weighted by molar-refractivity contribution is 0.159. The summed E-state index contributed by atoms with van der Waals surface area (Å²) in [4.78, 5) is 15.8. The maximum absolute atomic E-state index is 4.84. The number of fused-ring (bicyclic) bond motifs is 1. The van der Waals surface area contributed by atoms with Gasteiger partial charge in [-0.1, -0.05) is 36.9 Å². The molecule has 5 nitrogen and oxygen atoms in total. The van der Waals surface area contributed by atoms with Crippen LogP contribution in [0.4, 0.5) is 0 Å². The molecule has 2 aliphatic carbocycles. The number of unbranched alkanes of at least 4 members (excludes halogenated alkanes) is 1. The summed E-state index contributed by atoms with van der Waals surface area (Å²) in [5.74, 6) is 1.00. The molecule has 2 aromatic heterocycles. The summed E-state index contributed by atoms with van der Waals surface area (Å²) in [6.45, 7) is 9.83. The van der Waals surface area contributed by atoms with Crippen LogP contribution in [0.1, 0.15) is 80.0 Å². The average Bonchev–Trinajstić information content (AvgIpc) is 3.27. The number of H-pyrrole nitrogens is 1. The minimum Gasteiger partial charge on any atom is -0.341 e. The van der Waals surface area contributed by atoms with Gasteiger partial charge < -0.3 is 10.3 Å². The molecule has 0 saturated carbocycles. The number of aryl methyl sites for hydroxylation is 1. The summed E-state index contributed by atoms with van der Waals surface area (Å²) < 4.78 is 0. The van der Waals surface area contributed by atoms with E-state index in [4.69, 9.17) is 9.97 Å². The Hall–Kier alpha value is -2.76. The van der Waals surface area contributed by atoms with Crippen molar-refractivity contribution in [3.05, 3.63) is 83.3 Å². The van der Waals surface area contributed by atoms with Gasteiger partial charge in [-0.05, 0) is 94.3 Å². The summed E-state index contributed by atoms with van der Waals surface area (Å²) in [6.07, 6.45) is 22.9. The highest BCUT2D eigenvalue weighted by molar-refractivity contribution is 5.58. The van der Waals surface area contributed by atoms with Crippen LogP contribution < -0.4 is 5.32 Å². The topological polar surface area (TPSA) is 56.8 Å². The van der Waals surface area contributed by atoms with Crippen molar-refractivity contribution in [2.75, 3.05) is 19.6 Å². The zero-order valence-corrected chi connectivity index (χ0v) is 20.6. The number of nitrogens with zero attached hydrogens (tertiary/aromatic N) is 3. The molecule has 34 heavy (non-hydrogen) atoms. The van der Waals surface area contributed by atoms with E-state index in [9.17, 15) is 0 Å². The fourth-order valence-electron chi connectivity index (χ4n) is 5.05. The summed E-state index contributed by atoms with van der Waals surface area (Å²) in [5, 5.41) is 3.62. The van der Waals surface area contributed by atoms with Gasteiger partial charge in [0.1, 0.15) is 5.82 Å². The lowest BCUT2D eigenvalue weighted by Crippen LogP contribution is -2.33. The fraction of sp³-hybridized carbons (Fsp3) is 0.448. The Balaban J connectivity index is 1.40. The maximum atomic E-state index is 4.84. The molecule has 0 fully saturated rings. The van der Waals surface area contributed by atoms with Crippen molar-refractivity contribution in [3.8, 4) is 0 Å². The predicted molar refractivity (Wildman–Crippen MR) is 142 cm³/mol. The summed E-state index contributed by atoms with van der Waals surface area (Å²) >= 11 is 0. The summed E-state index contributed by atoms with van der Waals surface area (Å²) in [5.41, 5.74) is 6.04. The van der Waals surface area contributed by atoms with Crippen molar-refractivity contribution in [2.24, 2.45) is 0 Å². The maximum Gasteiger partial charge on any atom is 0.121 e. The molecule has 0 aliphatic heterocycles. The van der Waals surface area contributed by atoms with E-state index in [1.165, 1.54) is 36.1 Å². The number of hydrogen-bond acceptors (Lipinski definition) is 4. The Morgan fingerprint density at radius 2 is 2.24 bits per heavy atom. The van der Waals surface area contributed by atoms with Crippen LogP contribution in [-0.4, -0.2) is 39.5 Å². The minimum atomic E-state index is 0.345. The quantitative estimate of drug-likeness (QED) is 0.383. The fourth-order valence-corrected chi connectivity index (χ4v) is 5.05. The number of pyridine rings is 1. The van der Waals surface area contributed by atoms with Gasteiger partial charge in [0.25, 0.3) is 0 Å². The number of nitrogens with one attached hydrogen (secondary N) is 2. The van der Waals surface area contributed by atoms with Gasteiger partial charge in [0, 0.05) is 12.7 Å². The van der Waals surface area contributed by atoms with E-state index in [0.29, 0.717) is 6.04 Å². The van der Waals surface area contributed by atoms with Gasteiger partial charge in [0.15, 0.2) is 0 Å². The molecule has 0 spiro atoms. The average molecular weight is 458 g/mol. The predicted octanol–water partition coefficient (Wildman–Crippen LogP) is 6.01. The van der Waals surface area contributed by atoms with Gasteiger partial charge in [0.05, 0.1) is 29.7 Å². The molecule has 0 amide bonds. The van der Waals surface area contributed by atoms with Gasteiger partial charge in [-0.15, -0.1) is 0 Å². The standard InChI is InChI=1S/C29H39N5/c1-3-12-26-25(4-2)32-28(33-26)22-34(27-17-10-15-24-16-11-19-31-29(24)27)20-9-8-18-30-21-23-13-6-5-7-14-23/h3-4,6,11-14,16,19,27,30H,2,5,7-10,15,17-18,20-22H2,1H3,(H,32,33)/b12-3-. The molecule has 2 heterocycles. The molecule has 2 aliphatic rings. The second-order valence-electron chi connectivity index (χ2n) is 9.26. The third-order valence-corrected chi connectivity index (χ3v) is 6.75. The lowest BCUT2D eigenvalue weighted by atomic mass is 9.90. The van der Waals surface area contributed by atoms with Gasteiger partial charge in [0.2, 0.25) is 0 Å². The highest BCUT2D eigenvalue weighted by Crippen LogP contribution is 2.33. The Kier molecular flexibility index (Phi) is 9.05. The highest BCUT2D eigenvalue weighted by atomic mass is 15.2. The first kappa shape index (κ1) is 24.4. The van der Waals surface area contributed by atoms with Crippen molar-refractivity contribution < 1.29 is 0 Å². The first-order chi connectivity index (χ1) is 16.8. The Bertz CT molecular complexity index is 1030. The van der Waals surface area contributed by atoms with Crippen LogP contribution in [0.15, 0.2) is 54.8 Å². The van der Waals surface area contributed by atoms with Crippen LogP contribution >= 0.6 is 0 Å². The smallest absolute Gasteiger partial charge is 0.121 e. The Morgan fingerprint density at radius 1 is 1.29 bits per heavy atom. The molecule has 180 valence electrons. The van der Waals surface area contributed by atoms with Gasteiger partial charge >= 0.3 is 0 Å². The number of aromatic amines is 1. The Morgan fingerprint density at radius 3 is 3.06 bits per heavy atom. The minimum absolute atomic E-state index is 0.345. The molecule has 4 rings (SSSR count). The molecule has 0 aromatic carbocycles. The van der Waals surface area contributed by atoms with Crippen LogP contribution in [0.2, 0.25) is 0 Å². The molecule has 1 unspecified atom stereocenters. The molecule has 0 bridgehead atoms. The zero-order chi connectivity index (χ0) is 23.6. The van der Waals surface area contributed by atoms with Crippen LogP contribution in [0.5, 0.6) is 0 Å². The van der Waals surface area contributed by atoms with Crippen LogP contribution in [0.25, 0.3) is 12.2 Å². The van der Waals surface area contributed by atoms with E-state index in [1.54, 1.807) is 0 Å². The number of hydrogen-bond donors (Lipinski definition) is 2. The zero-order valence-electron chi connectivity index (χ0n) is 20.6. The number of allylic oxidation sites excluding steroid dienone is 3. The van der Waals surface area contributed by atoms with Gasteiger partial charge in [-0.2, -0.15) is 0 Å². The van der Waals surface area contributed by atoms with E-state index in [-0.39, 0.29) is 0 Å². The number of imidazole rings is 1. The van der Waals surface area contributed by atoms with Crippen molar-refractivity contribution in [1.82, 2.24) is 25.2 Å². The first-order valence-electron chi connectivity index (χ1n) is 12.9. The molecule has 0 saturated heterocycles. The number of aromatic nitrogens is 3. The van der Waals surface area contributed by atoms with Crippen molar-refractivity contribution in [3.63, 3.8) is 0 Å². The molecule has 5 heteroatoms. The second-order valence-corrected chi connectivity index (χ2v) is 9.26. The molecule has 0 radical (unpaired) electrons. The van der Waals surface area contributed by atoms with E-state index in [0.717, 1.165) is 69.1 Å². The largest absolute Gasteiger partial charge is 0.341 e. The summed E-state index contributed by atoms with van der Waals surface area (Å²) in [7, 11) is 0. The highest BCUT2D eigenvalue weighted by Gasteiger charge is 2.27. The van der Waals surface area contributed by atoms with Crippen molar-refractivity contribution in [2.45, 2.75) is 64.5 Å². The van der Waals surface area contributed by atoms with Crippen LogP contribution in [-0.2, 0) is 13.0 Å². The third kappa shape index (κ3) is 6.43. The van der Waals surface area contributed by atoms with Crippen molar-refractivity contribution in [1.29, 1.82) is 0 Å². The Labute approximate surface area is 204 Å². The first-order valence-corrected chi connectivity index (χ1v) is 12.9. The summed E-state index contributed by atoms with van der Waals surface area (Å²) in [6, 6.07) is 4.66.